The number of carbonyl (C=O) groups excluding carboxylic acids is 1. The summed E-state index contributed by atoms with van der Waals surface area (Å²) in [5, 5.41) is 14.1. The van der Waals surface area contributed by atoms with Crippen LogP contribution < -0.4 is 10.6 Å². The molecule has 0 bridgehead atoms. The summed E-state index contributed by atoms with van der Waals surface area (Å²) < 4.78 is 0. The van der Waals surface area contributed by atoms with Gasteiger partial charge in [0.15, 0.2) is 0 Å². The summed E-state index contributed by atoms with van der Waals surface area (Å²) in [4.78, 5) is 11.1. The zero-order chi connectivity index (χ0) is 10.8. The van der Waals surface area contributed by atoms with Crippen molar-refractivity contribution in [2.45, 2.75) is 45.6 Å². The van der Waals surface area contributed by atoms with Crippen LogP contribution in [0.15, 0.2) is 0 Å². The molecule has 0 atom stereocenters. The molecule has 0 saturated heterocycles. The quantitative estimate of drug-likeness (QED) is 0.544. The predicted molar refractivity (Wildman–Crippen MR) is 57.2 cm³/mol. The van der Waals surface area contributed by atoms with Crippen LogP contribution in [0.4, 0.5) is 4.79 Å². The lowest BCUT2D eigenvalue weighted by molar-refractivity contribution is 0.238. The van der Waals surface area contributed by atoms with E-state index in [0.29, 0.717) is 6.54 Å². The van der Waals surface area contributed by atoms with Gasteiger partial charge in [0.05, 0.1) is 0 Å². The van der Waals surface area contributed by atoms with Gasteiger partial charge in [0.2, 0.25) is 0 Å². The molecule has 84 valence electrons. The molecule has 4 heteroatoms. The van der Waals surface area contributed by atoms with Crippen LogP contribution in [-0.4, -0.2) is 30.3 Å². The molecule has 0 saturated carbocycles. The van der Waals surface area contributed by atoms with Crippen LogP contribution in [0.25, 0.3) is 0 Å². The van der Waals surface area contributed by atoms with Crippen LogP contribution in [0.5, 0.6) is 0 Å². The van der Waals surface area contributed by atoms with Crippen molar-refractivity contribution in [1.82, 2.24) is 10.6 Å². The van der Waals surface area contributed by atoms with E-state index in [0.717, 1.165) is 25.7 Å². The van der Waals surface area contributed by atoms with E-state index in [9.17, 15) is 4.79 Å². The summed E-state index contributed by atoms with van der Waals surface area (Å²) in [6.45, 7) is 4.84. The van der Waals surface area contributed by atoms with Gasteiger partial charge in [-0.05, 0) is 26.7 Å². The second-order valence-electron chi connectivity index (χ2n) is 3.69. The summed E-state index contributed by atoms with van der Waals surface area (Å²) in [5.41, 5.74) is 0. The molecule has 0 aliphatic heterocycles. The lowest BCUT2D eigenvalue weighted by Crippen LogP contribution is -2.39. The summed E-state index contributed by atoms with van der Waals surface area (Å²) in [5.74, 6) is 0. The normalized spacial score (nSPS) is 10.3. The number of hydrogen-bond acceptors (Lipinski definition) is 2. The third kappa shape index (κ3) is 9.32. The number of aliphatic hydroxyl groups is 1. The molecule has 4 nitrogen and oxygen atoms in total. The molecule has 0 aromatic carbocycles. The fourth-order valence-corrected chi connectivity index (χ4v) is 1.11. The van der Waals surface area contributed by atoms with Crippen LogP contribution in [-0.2, 0) is 0 Å². The Morgan fingerprint density at radius 3 is 2.43 bits per heavy atom. The predicted octanol–water partition coefficient (Wildman–Crippen LogP) is 1.25. The van der Waals surface area contributed by atoms with Crippen molar-refractivity contribution in [3.05, 3.63) is 0 Å². The summed E-state index contributed by atoms with van der Waals surface area (Å²) in [6, 6.07) is 0.0894. The maximum atomic E-state index is 11.1. The zero-order valence-electron chi connectivity index (χ0n) is 9.18. The Morgan fingerprint density at radius 1 is 1.21 bits per heavy atom. The molecule has 0 fully saturated rings. The highest BCUT2D eigenvalue weighted by Crippen LogP contribution is 1.97. The number of aliphatic hydroxyl groups excluding tert-OH is 1. The van der Waals surface area contributed by atoms with Gasteiger partial charge < -0.3 is 15.7 Å². The minimum Gasteiger partial charge on any atom is -0.396 e. The van der Waals surface area contributed by atoms with Gasteiger partial charge in [-0.3, -0.25) is 0 Å². The van der Waals surface area contributed by atoms with Gasteiger partial charge in [0, 0.05) is 19.2 Å². The van der Waals surface area contributed by atoms with Gasteiger partial charge in [0.1, 0.15) is 0 Å². The van der Waals surface area contributed by atoms with E-state index in [1.165, 1.54) is 0 Å². The van der Waals surface area contributed by atoms with E-state index >= 15 is 0 Å². The number of hydrogen-bond donors (Lipinski definition) is 3. The Labute approximate surface area is 86.1 Å². The van der Waals surface area contributed by atoms with Crippen molar-refractivity contribution in [3.8, 4) is 0 Å². The molecule has 0 rings (SSSR count). The topological polar surface area (TPSA) is 61.4 Å². The Kier molecular flexibility index (Phi) is 8.33. The number of unbranched alkanes of at least 4 members (excludes halogenated alkanes) is 3. The SMILES string of the molecule is CC(C)NC(=O)NCCCCCCO. The molecule has 3 N–H and O–H groups in total. The van der Waals surface area contributed by atoms with E-state index in [1.807, 2.05) is 13.8 Å². The first-order valence-corrected chi connectivity index (χ1v) is 5.32. The van der Waals surface area contributed by atoms with Crippen molar-refractivity contribution >= 4 is 6.03 Å². The molecule has 0 spiro atoms. The highest BCUT2D eigenvalue weighted by Gasteiger charge is 2.00. The standard InChI is InChI=1S/C10H22N2O2/c1-9(2)12-10(14)11-7-5-3-4-6-8-13/h9,13H,3-8H2,1-2H3,(H2,11,12,14). The van der Waals surface area contributed by atoms with Crippen molar-refractivity contribution < 1.29 is 9.90 Å². The second kappa shape index (κ2) is 8.81. The second-order valence-corrected chi connectivity index (χ2v) is 3.69. The monoisotopic (exact) mass is 202 g/mol. The highest BCUT2D eigenvalue weighted by molar-refractivity contribution is 5.73. The van der Waals surface area contributed by atoms with Crippen LogP contribution in [0, 0.1) is 0 Å². The van der Waals surface area contributed by atoms with Gasteiger partial charge in [-0.1, -0.05) is 12.8 Å². The summed E-state index contributed by atoms with van der Waals surface area (Å²) >= 11 is 0. The van der Waals surface area contributed by atoms with E-state index < -0.39 is 0 Å². The third-order valence-electron chi connectivity index (χ3n) is 1.79. The van der Waals surface area contributed by atoms with E-state index in [2.05, 4.69) is 10.6 Å². The minimum atomic E-state index is -0.0952. The van der Waals surface area contributed by atoms with Crippen molar-refractivity contribution in [2.24, 2.45) is 0 Å². The maximum Gasteiger partial charge on any atom is 0.314 e. The van der Waals surface area contributed by atoms with Crippen molar-refractivity contribution in [2.75, 3.05) is 13.2 Å². The molecule has 0 unspecified atom stereocenters. The van der Waals surface area contributed by atoms with Gasteiger partial charge in [-0.2, -0.15) is 0 Å². The molecule has 14 heavy (non-hydrogen) atoms. The molecule has 0 aliphatic rings. The molecular weight excluding hydrogens is 180 g/mol. The number of nitrogens with one attached hydrogen (secondary N) is 2. The smallest absolute Gasteiger partial charge is 0.314 e. The molecule has 0 aliphatic carbocycles. The average Bonchev–Trinajstić information content (AvgIpc) is 2.10. The van der Waals surface area contributed by atoms with Gasteiger partial charge in [-0.15, -0.1) is 0 Å². The lowest BCUT2D eigenvalue weighted by Gasteiger charge is -2.09. The van der Waals surface area contributed by atoms with Crippen LogP contribution in [0.1, 0.15) is 39.5 Å². The first kappa shape index (κ1) is 13.2. The molecule has 0 aromatic heterocycles. The summed E-state index contributed by atoms with van der Waals surface area (Å²) in [6.07, 6.45) is 3.93. The Balaban J connectivity index is 3.15. The molecule has 0 heterocycles. The Morgan fingerprint density at radius 2 is 1.86 bits per heavy atom. The Bertz CT molecular complexity index is 149. The maximum absolute atomic E-state index is 11.1. The zero-order valence-corrected chi connectivity index (χ0v) is 9.18. The minimum absolute atomic E-state index is 0.0952. The van der Waals surface area contributed by atoms with Gasteiger partial charge in [0.25, 0.3) is 0 Å². The summed E-state index contributed by atoms with van der Waals surface area (Å²) in [7, 11) is 0. The first-order valence-electron chi connectivity index (χ1n) is 5.32. The molecular formula is C10H22N2O2. The van der Waals surface area contributed by atoms with E-state index in [-0.39, 0.29) is 18.7 Å². The third-order valence-corrected chi connectivity index (χ3v) is 1.79. The highest BCUT2D eigenvalue weighted by atomic mass is 16.2. The molecule has 0 radical (unpaired) electrons. The van der Waals surface area contributed by atoms with Crippen LogP contribution in [0.3, 0.4) is 0 Å². The number of carbonyl (C=O) groups is 1. The number of rotatable bonds is 7. The molecule has 2 amide bonds. The number of amides is 2. The first-order chi connectivity index (χ1) is 6.66. The number of urea groups is 1. The van der Waals surface area contributed by atoms with Crippen molar-refractivity contribution in [1.29, 1.82) is 0 Å². The fraction of sp³-hybridized carbons (Fsp3) is 0.900. The van der Waals surface area contributed by atoms with E-state index in [4.69, 9.17) is 5.11 Å². The largest absolute Gasteiger partial charge is 0.396 e. The van der Waals surface area contributed by atoms with Crippen LogP contribution in [0.2, 0.25) is 0 Å². The van der Waals surface area contributed by atoms with Gasteiger partial charge in [-0.25, -0.2) is 4.79 Å². The van der Waals surface area contributed by atoms with E-state index in [1.54, 1.807) is 0 Å². The lowest BCUT2D eigenvalue weighted by atomic mass is 10.2. The van der Waals surface area contributed by atoms with Crippen molar-refractivity contribution in [3.63, 3.8) is 0 Å². The van der Waals surface area contributed by atoms with Gasteiger partial charge >= 0.3 is 6.03 Å². The average molecular weight is 202 g/mol. The Hall–Kier alpha value is -0.770. The van der Waals surface area contributed by atoms with Crippen LogP contribution >= 0.6 is 0 Å². The molecule has 0 aromatic rings. The fourth-order valence-electron chi connectivity index (χ4n) is 1.11.